The highest BCUT2D eigenvalue weighted by Gasteiger charge is 2.14. The number of halogens is 2. The summed E-state index contributed by atoms with van der Waals surface area (Å²) in [6.07, 6.45) is 1.53. The Balaban J connectivity index is 2.08. The van der Waals surface area contributed by atoms with Crippen LogP contribution in [0.3, 0.4) is 0 Å². The molecule has 2 aromatic carbocycles. The molecule has 1 amide bonds. The number of carbonyl (C=O) groups is 1. The smallest absolute Gasteiger partial charge is 0.251 e. The third-order valence-electron chi connectivity index (χ3n) is 3.63. The third-order valence-corrected chi connectivity index (χ3v) is 3.63. The van der Waals surface area contributed by atoms with Crippen molar-refractivity contribution in [1.29, 1.82) is 0 Å². The molecule has 0 aliphatic heterocycles. The van der Waals surface area contributed by atoms with Crippen molar-refractivity contribution >= 4 is 16.8 Å². The molecule has 0 aliphatic rings. The van der Waals surface area contributed by atoms with E-state index >= 15 is 0 Å². The number of aromatic nitrogens is 2. The van der Waals surface area contributed by atoms with Gasteiger partial charge in [0.25, 0.3) is 5.91 Å². The van der Waals surface area contributed by atoms with Gasteiger partial charge >= 0.3 is 0 Å². The summed E-state index contributed by atoms with van der Waals surface area (Å²) in [5.74, 6) is -1.71. The topological polar surface area (TPSA) is 64.2 Å². The summed E-state index contributed by atoms with van der Waals surface area (Å²) >= 11 is 0. The minimum atomic E-state index is -0.766. The minimum Gasteiger partial charge on any atom is -0.366 e. The molecular formula is C17H16F2N4O. The van der Waals surface area contributed by atoms with E-state index in [-0.39, 0.29) is 16.9 Å². The van der Waals surface area contributed by atoms with E-state index in [1.807, 2.05) is 19.0 Å². The number of primary amides is 1. The fourth-order valence-electron chi connectivity index (χ4n) is 2.57. The largest absolute Gasteiger partial charge is 0.366 e. The van der Waals surface area contributed by atoms with Gasteiger partial charge < -0.3 is 10.6 Å². The van der Waals surface area contributed by atoms with Crippen LogP contribution in [-0.2, 0) is 6.54 Å². The first-order valence-corrected chi connectivity index (χ1v) is 7.27. The Bertz CT molecular complexity index is 934. The highest BCUT2D eigenvalue weighted by molar-refractivity contribution is 6.04. The number of hydrogen-bond acceptors (Lipinski definition) is 3. The van der Waals surface area contributed by atoms with E-state index in [2.05, 4.69) is 5.10 Å². The zero-order chi connectivity index (χ0) is 17.4. The molecule has 0 atom stereocenters. The molecule has 2 N–H and O–H groups in total. The Morgan fingerprint density at radius 3 is 2.62 bits per heavy atom. The van der Waals surface area contributed by atoms with Crippen molar-refractivity contribution in [3.05, 3.63) is 59.3 Å². The van der Waals surface area contributed by atoms with Crippen molar-refractivity contribution in [1.82, 2.24) is 14.7 Å². The average Bonchev–Trinajstić information content (AvgIpc) is 2.91. The molecule has 0 saturated heterocycles. The number of hydrogen-bond donors (Lipinski definition) is 1. The summed E-state index contributed by atoms with van der Waals surface area (Å²) in [5.41, 5.74) is 6.57. The molecular weight excluding hydrogens is 314 g/mol. The normalized spacial score (nSPS) is 11.4. The van der Waals surface area contributed by atoms with Crippen LogP contribution in [0.15, 0.2) is 36.5 Å². The lowest BCUT2D eigenvalue weighted by Crippen LogP contribution is -2.12. The van der Waals surface area contributed by atoms with Crippen LogP contribution in [0.2, 0.25) is 0 Å². The van der Waals surface area contributed by atoms with Crippen molar-refractivity contribution < 1.29 is 13.6 Å². The van der Waals surface area contributed by atoms with Gasteiger partial charge in [0.15, 0.2) is 0 Å². The molecule has 0 fully saturated rings. The second-order valence-electron chi connectivity index (χ2n) is 5.84. The van der Waals surface area contributed by atoms with E-state index in [0.717, 1.165) is 6.07 Å². The fourth-order valence-corrected chi connectivity index (χ4v) is 2.57. The molecule has 124 valence electrons. The molecule has 24 heavy (non-hydrogen) atoms. The van der Waals surface area contributed by atoms with Gasteiger partial charge in [-0.1, -0.05) is 6.07 Å². The van der Waals surface area contributed by atoms with E-state index in [1.54, 1.807) is 12.1 Å². The van der Waals surface area contributed by atoms with Crippen LogP contribution >= 0.6 is 0 Å². The standard InChI is InChI=1S/C17H16F2N4O/c1-22(2)8-10-3-4-13(7-15(10)19)23-9-11-5-12(18)6-14(17(20)24)16(11)21-23/h3-7,9H,8H2,1-2H3,(H2,20,24). The zero-order valence-corrected chi connectivity index (χ0v) is 13.3. The monoisotopic (exact) mass is 330 g/mol. The number of rotatable bonds is 4. The molecule has 0 aliphatic carbocycles. The van der Waals surface area contributed by atoms with E-state index in [0.29, 0.717) is 23.2 Å². The fraction of sp³-hybridized carbons (Fsp3) is 0.176. The Morgan fingerprint density at radius 1 is 1.25 bits per heavy atom. The Kier molecular flexibility index (Phi) is 4.02. The summed E-state index contributed by atoms with van der Waals surface area (Å²) in [7, 11) is 3.71. The first-order valence-electron chi connectivity index (χ1n) is 7.27. The maximum absolute atomic E-state index is 14.2. The van der Waals surface area contributed by atoms with Gasteiger partial charge in [-0.3, -0.25) is 4.79 Å². The maximum Gasteiger partial charge on any atom is 0.251 e. The quantitative estimate of drug-likeness (QED) is 0.799. The van der Waals surface area contributed by atoms with E-state index < -0.39 is 11.7 Å². The van der Waals surface area contributed by atoms with Crippen LogP contribution in [0.4, 0.5) is 8.78 Å². The van der Waals surface area contributed by atoms with Gasteiger partial charge in [-0.25, -0.2) is 13.5 Å². The van der Waals surface area contributed by atoms with Crippen molar-refractivity contribution in [2.75, 3.05) is 14.1 Å². The lowest BCUT2D eigenvalue weighted by atomic mass is 10.1. The van der Waals surface area contributed by atoms with E-state index in [1.165, 1.54) is 23.0 Å². The molecule has 5 nitrogen and oxygen atoms in total. The van der Waals surface area contributed by atoms with E-state index in [4.69, 9.17) is 5.73 Å². The second kappa shape index (κ2) is 6.01. The SMILES string of the molecule is CN(C)Cc1ccc(-n2cc3cc(F)cc(C(N)=O)c3n2)cc1F. The molecule has 7 heteroatoms. The summed E-state index contributed by atoms with van der Waals surface area (Å²) in [6.45, 7) is 0.476. The predicted octanol–water partition coefficient (Wildman–Crippen LogP) is 2.46. The molecule has 3 aromatic rings. The second-order valence-corrected chi connectivity index (χ2v) is 5.84. The van der Waals surface area contributed by atoms with Crippen LogP contribution in [0.25, 0.3) is 16.6 Å². The van der Waals surface area contributed by atoms with Gasteiger partial charge in [0, 0.05) is 23.7 Å². The van der Waals surface area contributed by atoms with Gasteiger partial charge in [-0.05, 0) is 38.4 Å². The van der Waals surface area contributed by atoms with Crippen LogP contribution in [-0.4, -0.2) is 34.7 Å². The molecule has 3 rings (SSSR count). The molecule has 0 unspecified atom stereocenters. The Hall–Kier alpha value is -2.80. The first kappa shape index (κ1) is 16.1. The van der Waals surface area contributed by atoms with Gasteiger partial charge in [0.05, 0.1) is 11.3 Å². The number of nitrogens with two attached hydrogens (primary N) is 1. The number of carbonyl (C=O) groups excluding carboxylic acids is 1. The maximum atomic E-state index is 14.2. The van der Waals surface area contributed by atoms with Gasteiger partial charge in [-0.15, -0.1) is 0 Å². The molecule has 0 bridgehead atoms. The Morgan fingerprint density at radius 2 is 2.00 bits per heavy atom. The molecule has 1 heterocycles. The lowest BCUT2D eigenvalue weighted by molar-refractivity contribution is 0.100. The van der Waals surface area contributed by atoms with E-state index in [9.17, 15) is 13.6 Å². The highest BCUT2D eigenvalue weighted by Crippen LogP contribution is 2.22. The van der Waals surface area contributed by atoms with Crippen molar-refractivity contribution in [3.8, 4) is 5.69 Å². The van der Waals surface area contributed by atoms with Crippen LogP contribution < -0.4 is 5.73 Å². The summed E-state index contributed by atoms with van der Waals surface area (Å²) in [4.78, 5) is 13.3. The van der Waals surface area contributed by atoms with Crippen molar-refractivity contribution in [2.45, 2.75) is 6.54 Å². The van der Waals surface area contributed by atoms with Crippen molar-refractivity contribution in [2.24, 2.45) is 5.73 Å². The van der Waals surface area contributed by atoms with Gasteiger partial charge in [0.2, 0.25) is 0 Å². The lowest BCUT2D eigenvalue weighted by Gasteiger charge is -2.11. The summed E-state index contributed by atoms with van der Waals surface area (Å²) < 4.78 is 29.2. The van der Waals surface area contributed by atoms with Crippen molar-refractivity contribution in [3.63, 3.8) is 0 Å². The summed E-state index contributed by atoms with van der Waals surface area (Å²) in [6, 6.07) is 7.04. The highest BCUT2D eigenvalue weighted by atomic mass is 19.1. The number of fused-ring (bicyclic) bond motifs is 1. The molecule has 0 radical (unpaired) electrons. The van der Waals surface area contributed by atoms with Gasteiger partial charge in [-0.2, -0.15) is 5.10 Å². The molecule has 1 aromatic heterocycles. The number of benzene rings is 2. The number of nitrogens with zero attached hydrogens (tertiary/aromatic N) is 3. The predicted molar refractivity (Wildman–Crippen MR) is 86.9 cm³/mol. The van der Waals surface area contributed by atoms with Crippen LogP contribution in [0.5, 0.6) is 0 Å². The molecule has 0 saturated carbocycles. The first-order chi connectivity index (χ1) is 11.3. The zero-order valence-electron chi connectivity index (χ0n) is 13.3. The van der Waals surface area contributed by atoms with Crippen LogP contribution in [0, 0.1) is 11.6 Å². The van der Waals surface area contributed by atoms with Gasteiger partial charge in [0.1, 0.15) is 17.2 Å². The summed E-state index contributed by atoms with van der Waals surface area (Å²) in [5, 5.41) is 4.67. The number of amides is 1. The van der Waals surface area contributed by atoms with Crippen LogP contribution in [0.1, 0.15) is 15.9 Å². The third kappa shape index (κ3) is 2.98. The Labute approximate surface area is 137 Å². The minimum absolute atomic E-state index is 0.00606. The molecule has 0 spiro atoms. The average molecular weight is 330 g/mol.